The van der Waals surface area contributed by atoms with Crippen molar-refractivity contribution >= 4 is 11.4 Å². The number of benzene rings is 1. The standard InChI is InChI=1S/C16H23F3N2/c1-15(2,3)14-6-4-5-9-21(14)13-8-7-11(10-12(13)20)16(17,18)19/h7-8,10,14H,4-6,9,20H2,1-3H3/t14-/m0/s1. The highest BCUT2D eigenvalue weighted by Crippen LogP contribution is 2.39. The minimum absolute atomic E-state index is 0.0650. The molecule has 1 atom stereocenters. The molecule has 5 heteroatoms. The van der Waals surface area contributed by atoms with E-state index in [9.17, 15) is 13.2 Å². The third kappa shape index (κ3) is 3.44. The molecule has 1 saturated heterocycles. The second kappa shape index (κ2) is 5.43. The molecule has 0 unspecified atom stereocenters. The summed E-state index contributed by atoms with van der Waals surface area (Å²) in [5, 5.41) is 0. The largest absolute Gasteiger partial charge is 0.416 e. The van der Waals surface area contributed by atoms with Crippen molar-refractivity contribution in [1.29, 1.82) is 0 Å². The summed E-state index contributed by atoms with van der Waals surface area (Å²) in [6.45, 7) is 7.33. The third-order valence-electron chi connectivity index (χ3n) is 4.17. The molecule has 1 aromatic rings. The van der Waals surface area contributed by atoms with E-state index in [1.54, 1.807) is 0 Å². The van der Waals surface area contributed by atoms with Crippen LogP contribution < -0.4 is 10.6 Å². The van der Waals surface area contributed by atoms with Crippen LogP contribution in [0.5, 0.6) is 0 Å². The smallest absolute Gasteiger partial charge is 0.397 e. The van der Waals surface area contributed by atoms with Gasteiger partial charge in [-0.05, 0) is 42.9 Å². The molecule has 0 spiro atoms. The zero-order valence-electron chi connectivity index (χ0n) is 12.8. The molecule has 21 heavy (non-hydrogen) atoms. The summed E-state index contributed by atoms with van der Waals surface area (Å²) in [5.74, 6) is 0. The van der Waals surface area contributed by atoms with Gasteiger partial charge in [-0.15, -0.1) is 0 Å². The molecular weight excluding hydrogens is 277 g/mol. The van der Waals surface area contributed by atoms with Crippen LogP contribution in [0.1, 0.15) is 45.6 Å². The van der Waals surface area contributed by atoms with Crippen molar-refractivity contribution in [2.24, 2.45) is 5.41 Å². The van der Waals surface area contributed by atoms with E-state index in [1.807, 2.05) is 0 Å². The van der Waals surface area contributed by atoms with Crippen molar-refractivity contribution in [3.63, 3.8) is 0 Å². The topological polar surface area (TPSA) is 29.3 Å². The van der Waals surface area contributed by atoms with E-state index >= 15 is 0 Å². The fourth-order valence-corrected chi connectivity index (χ4v) is 3.11. The van der Waals surface area contributed by atoms with E-state index in [2.05, 4.69) is 25.7 Å². The molecule has 118 valence electrons. The van der Waals surface area contributed by atoms with Gasteiger partial charge < -0.3 is 10.6 Å². The molecule has 2 nitrogen and oxygen atoms in total. The maximum atomic E-state index is 12.7. The van der Waals surface area contributed by atoms with Crippen molar-refractivity contribution in [3.8, 4) is 0 Å². The quantitative estimate of drug-likeness (QED) is 0.762. The highest BCUT2D eigenvalue weighted by atomic mass is 19.4. The summed E-state index contributed by atoms with van der Waals surface area (Å²) >= 11 is 0. The van der Waals surface area contributed by atoms with Gasteiger partial charge in [0, 0.05) is 12.6 Å². The summed E-state index contributed by atoms with van der Waals surface area (Å²) in [5.41, 5.74) is 6.22. The molecular formula is C16H23F3N2. The Morgan fingerprint density at radius 2 is 1.81 bits per heavy atom. The number of nitrogen functional groups attached to an aromatic ring is 1. The van der Waals surface area contributed by atoms with Gasteiger partial charge in [0.1, 0.15) is 0 Å². The van der Waals surface area contributed by atoms with Gasteiger partial charge in [0.2, 0.25) is 0 Å². The highest BCUT2D eigenvalue weighted by molar-refractivity contribution is 5.69. The third-order valence-corrected chi connectivity index (χ3v) is 4.17. The number of piperidine rings is 1. The van der Waals surface area contributed by atoms with Crippen molar-refractivity contribution < 1.29 is 13.2 Å². The monoisotopic (exact) mass is 300 g/mol. The average Bonchev–Trinajstić information content (AvgIpc) is 2.36. The van der Waals surface area contributed by atoms with E-state index in [0.717, 1.165) is 43.6 Å². The van der Waals surface area contributed by atoms with Gasteiger partial charge in [-0.3, -0.25) is 0 Å². The average molecular weight is 300 g/mol. The lowest BCUT2D eigenvalue weighted by molar-refractivity contribution is -0.137. The van der Waals surface area contributed by atoms with Gasteiger partial charge in [-0.1, -0.05) is 20.8 Å². The predicted molar refractivity (Wildman–Crippen MR) is 80.3 cm³/mol. The van der Waals surface area contributed by atoms with Crippen LogP contribution in [0.25, 0.3) is 0 Å². The molecule has 1 heterocycles. The second-order valence-corrected chi connectivity index (χ2v) is 6.84. The first kappa shape index (κ1) is 16.0. The van der Waals surface area contributed by atoms with Crippen LogP contribution in [0, 0.1) is 5.41 Å². The van der Waals surface area contributed by atoms with E-state index in [1.165, 1.54) is 6.07 Å². The fraction of sp³-hybridized carbons (Fsp3) is 0.625. The minimum Gasteiger partial charge on any atom is -0.397 e. The minimum atomic E-state index is -4.35. The van der Waals surface area contributed by atoms with Gasteiger partial charge >= 0.3 is 6.18 Å². The van der Waals surface area contributed by atoms with Crippen LogP contribution in [0.15, 0.2) is 18.2 Å². The molecule has 1 aliphatic rings. The van der Waals surface area contributed by atoms with Gasteiger partial charge in [-0.2, -0.15) is 13.2 Å². The van der Waals surface area contributed by atoms with Crippen molar-refractivity contribution in [2.75, 3.05) is 17.2 Å². The van der Waals surface area contributed by atoms with E-state index in [4.69, 9.17) is 5.73 Å². The molecule has 2 N–H and O–H groups in total. The van der Waals surface area contributed by atoms with Crippen LogP contribution in [-0.4, -0.2) is 12.6 Å². The first-order valence-electron chi connectivity index (χ1n) is 7.34. The molecule has 1 aromatic carbocycles. The highest BCUT2D eigenvalue weighted by Gasteiger charge is 2.35. The molecule has 0 aromatic heterocycles. The number of alkyl halides is 3. The van der Waals surface area contributed by atoms with Crippen molar-refractivity contribution in [1.82, 2.24) is 0 Å². The number of hydrogen-bond donors (Lipinski definition) is 1. The van der Waals surface area contributed by atoms with Crippen LogP contribution in [0.4, 0.5) is 24.5 Å². The SMILES string of the molecule is CC(C)(C)[C@@H]1CCCCN1c1ccc(C(F)(F)F)cc1N. The van der Waals surface area contributed by atoms with Crippen LogP contribution >= 0.6 is 0 Å². The summed E-state index contributed by atoms with van der Waals surface area (Å²) in [6.07, 6.45) is -1.10. The molecule has 2 rings (SSSR count). The Kier molecular flexibility index (Phi) is 4.13. The Morgan fingerprint density at radius 1 is 1.14 bits per heavy atom. The lowest BCUT2D eigenvalue weighted by atomic mass is 9.80. The Bertz CT molecular complexity index is 503. The maximum Gasteiger partial charge on any atom is 0.416 e. The summed E-state index contributed by atoms with van der Waals surface area (Å²) in [4.78, 5) is 2.18. The lowest BCUT2D eigenvalue weighted by Gasteiger charge is -2.45. The fourth-order valence-electron chi connectivity index (χ4n) is 3.11. The normalized spacial score (nSPS) is 20.7. The van der Waals surface area contributed by atoms with Gasteiger partial charge in [0.25, 0.3) is 0 Å². The maximum absolute atomic E-state index is 12.7. The van der Waals surface area contributed by atoms with Gasteiger partial charge in [0.15, 0.2) is 0 Å². The number of anilines is 2. The van der Waals surface area contributed by atoms with Crippen LogP contribution in [0.3, 0.4) is 0 Å². The molecule has 0 saturated carbocycles. The Labute approximate surface area is 124 Å². The van der Waals surface area contributed by atoms with Crippen LogP contribution in [0.2, 0.25) is 0 Å². The number of halogens is 3. The molecule has 0 amide bonds. The number of nitrogens with two attached hydrogens (primary N) is 1. The second-order valence-electron chi connectivity index (χ2n) is 6.84. The molecule has 1 fully saturated rings. The number of nitrogens with zero attached hydrogens (tertiary/aromatic N) is 1. The van der Waals surface area contributed by atoms with Crippen molar-refractivity contribution in [3.05, 3.63) is 23.8 Å². The van der Waals surface area contributed by atoms with Crippen LogP contribution in [-0.2, 0) is 6.18 Å². The Hall–Kier alpha value is -1.39. The molecule has 0 bridgehead atoms. The number of hydrogen-bond acceptors (Lipinski definition) is 2. The molecule has 0 aliphatic carbocycles. The van der Waals surface area contributed by atoms with Gasteiger partial charge in [-0.25, -0.2) is 0 Å². The van der Waals surface area contributed by atoms with E-state index in [0.29, 0.717) is 6.04 Å². The predicted octanol–water partition coefficient (Wildman–Crippen LogP) is 4.69. The van der Waals surface area contributed by atoms with E-state index < -0.39 is 11.7 Å². The first-order chi connectivity index (χ1) is 9.60. The van der Waals surface area contributed by atoms with Gasteiger partial charge in [0.05, 0.1) is 16.9 Å². The summed E-state index contributed by atoms with van der Waals surface area (Å²) < 4.78 is 38.2. The lowest BCUT2D eigenvalue weighted by Crippen LogP contribution is -2.47. The zero-order valence-corrected chi connectivity index (χ0v) is 12.8. The Balaban J connectivity index is 2.36. The molecule has 0 radical (unpaired) electrons. The zero-order chi connectivity index (χ0) is 15.8. The summed E-state index contributed by atoms with van der Waals surface area (Å²) in [6, 6.07) is 3.98. The Morgan fingerprint density at radius 3 is 2.33 bits per heavy atom. The van der Waals surface area contributed by atoms with Crippen molar-refractivity contribution in [2.45, 2.75) is 52.3 Å². The number of rotatable bonds is 1. The van der Waals surface area contributed by atoms with E-state index in [-0.39, 0.29) is 11.1 Å². The summed E-state index contributed by atoms with van der Waals surface area (Å²) in [7, 11) is 0. The first-order valence-corrected chi connectivity index (χ1v) is 7.34. The molecule has 1 aliphatic heterocycles.